The van der Waals surface area contributed by atoms with Crippen LogP contribution in [0.1, 0.15) is 11.3 Å². The van der Waals surface area contributed by atoms with E-state index in [1.54, 1.807) is 24.0 Å². The van der Waals surface area contributed by atoms with E-state index in [1.165, 1.54) is 13.0 Å². The molecule has 0 spiro atoms. The fraction of sp³-hybridized carbons (Fsp3) is 0.250. The highest BCUT2D eigenvalue weighted by Gasteiger charge is 2.17. The summed E-state index contributed by atoms with van der Waals surface area (Å²) >= 11 is 0. The standard InChI is InChI=1S/C12H15FN4O2S/c1-8-5-10(6-11(14)12(8)13)20(18,19)15-7-9-3-4-17(2)16-9/h3-6,15H,7,14H2,1-2H3. The molecule has 0 radical (unpaired) electrons. The van der Waals surface area contributed by atoms with Crippen molar-refractivity contribution in [2.45, 2.75) is 18.4 Å². The lowest BCUT2D eigenvalue weighted by Crippen LogP contribution is -2.24. The summed E-state index contributed by atoms with van der Waals surface area (Å²) in [6, 6.07) is 4.04. The maximum absolute atomic E-state index is 13.4. The number of nitrogens with one attached hydrogen (secondary N) is 1. The molecular formula is C12H15FN4O2S. The molecule has 0 amide bonds. The Balaban J connectivity index is 2.22. The predicted molar refractivity (Wildman–Crippen MR) is 72.8 cm³/mol. The van der Waals surface area contributed by atoms with Gasteiger partial charge in [0.05, 0.1) is 22.8 Å². The van der Waals surface area contributed by atoms with Gasteiger partial charge in [0, 0.05) is 13.2 Å². The third-order valence-electron chi connectivity index (χ3n) is 2.78. The van der Waals surface area contributed by atoms with Gasteiger partial charge in [-0.1, -0.05) is 0 Å². The molecule has 0 aliphatic heterocycles. The molecule has 0 saturated carbocycles. The number of nitrogens with zero attached hydrogens (tertiary/aromatic N) is 2. The Labute approximate surface area is 116 Å². The van der Waals surface area contributed by atoms with Crippen molar-refractivity contribution >= 4 is 15.7 Å². The van der Waals surface area contributed by atoms with Gasteiger partial charge in [0.1, 0.15) is 5.82 Å². The van der Waals surface area contributed by atoms with Crippen molar-refractivity contribution < 1.29 is 12.8 Å². The van der Waals surface area contributed by atoms with Crippen molar-refractivity contribution in [3.05, 3.63) is 41.5 Å². The molecule has 2 rings (SSSR count). The lowest BCUT2D eigenvalue weighted by molar-refractivity contribution is 0.578. The number of hydrogen-bond donors (Lipinski definition) is 2. The molecule has 1 heterocycles. The van der Waals surface area contributed by atoms with Crippen LogP contribution in [0.4, 0.5) is 10.1 Å². The van der Waals surface area contributed by atoms with Gasteiger partial charge in [-0.25, -0.2) is 17.5 Å². The minimum atomic E-state index is -3.76. The van der Waals surface area contributed by atoms with Crippen LogP contribution in [0.3, 0.4) is 0 Å². The van der Waals surface area contributed by atoms with E-state index in [1.807, 2.05) is 0 Å². The van der Waals surface area contributed by atoms with E-state index in [2.05, 4.69) is 9.82 Å². The van der Waals surface area contributed by atoms with Crippen LogP contribution in [0, 0.1) is 12.7 Å². The summed E-state index contributed by atoms with van der Waals surface area (Å²) in [5.41, 5.74) is 6.02. The van der Waals surface area contributed by atoms with Crippen LogP contribution in [0.15, 0.2) is 29.3 Å². The van der Waals surface area contributed by atoms with Crippen LogP contribution < -0.4 is 10.5 Å². The Kier molecular flexibility index (Phi) is 3.78. The number of nitrogen functional groups attached to an aromatic ring is 1. The van der Waals surface area contributed by atoms with Crippen molar-refractivity contribution in [2.75, 3.05) is 5.73 Å². The molecule has 0 aliphatic rings. The second kappa shape index (κ2) is 5.22. The normalized spacial score (nSPS) is 11.8. The van der Waals surface area contributed by atoms with E-state index in [0.29, 0.717) is 5.69 Å². The number of rotatable bonds is 4. The molecule has 108 valence electrons. The molecule has 1 aromatic carbocycles. The van der Waals surface area contributed by atoms with Crippen LogP contribution in [0.25, 0.3) is 0 Å². The summed E-state index contributed by atoms with van der Waals surface area (Å²) in [5, 5.41) is 4.06. The second-order valence-electron chi connectivity index (χ2n) is 4.45. The first kappa shape index (κ1) is 14.5. The zero-order valence-corrected chi connectivity index (χ0v) is 11.9. The molecular weight excluding hydrogens is 283 g/mol. The van der Waals surface area contributed by atoms with E-state index in [-0.39, 0.29) is 22.7 Å². The fourth-order valence-corrected chi connectivity index (χ4v) is 2.85. The van der Waals surface area contributed by atoms with Gasteiger partial charge < -0.3 is 5.73 Å². The molecule has 0 unspecified atom stereocenters. The summed E-state index contributed by atoms with van der Waals surface area (Å²) in [7, 11) is -2.02. The molecule has 1 aromatic heterocycles. The molecule has 6 nitrogen and oxygen atoms in total. The molecule has 0 fully saturated rings. The molecule has 3 N–H and O–H groups in total. The van der Waals surface area contributed by atoms with Gasteiger partial charge in [0.2, 0.25) is 10.0 Å². The van der Waals surface area contributed by atoms with Crippen molar-refractivity contribution in [3.63, 3.8) is 0 Å². The molecule has 2 aromatic rings. The summed E-state index contributed by atoms with van der Waals surface area (Å²) in [4.78, 5) is -0.0650. The number of nitrogens with two attached hydrogens (primary N) is 1. The average molecular weight is 298 g/mol. The average Bonchev–Trinajstić information content (AvgIpc) is 2.79. The quantitative estimate of drug-likeness (QED) is 0.822. The predicted octanol–water partition coefficient (Wildman–Crippen LogP) is 0.928. The molecule has 0 saturated heterocycles. The number of hydrogen-bond acceptors (Lipinski definition) is 4. The number of sulfonamides is 1. The lowest BCUT2D eigenvalue weighted by Gasteiger charge is -2.08. The Hall–Kier alpha value is -1.93. The van der Waals surface area contributed by atoms with Crippen molar-refractivity contribution in [2.24, 2.45) is 7.05 Å². The van der Waals surface area contributed by atoms with Crippen molar-refractivity contribution in [3.8, 4) is 0 Å². The summed E-state index contributed by atoms with van der Waals surface area (Å²) < 4.78 is 41.6. The Bertz CT molecular complexity index is 717. The molecule has 8 heteroatoms. The van der Waals surface area contributed by atoms with Crippen molar-refractivity contribution in [1.82, 2.24) is 14.5 Å². The molecule has 0 atom stereocenters. The maximum Gasteiger partial charge on any atom is 0.241 e. The minimum Gasteiger partial charge on any atom is -0.396 e. The number of anilines is 1. The van der Waals surface area contributed by atoms with Crippen LogP contribution >= 0.6 is 0 Å². The van der Waals surface area contributed by atoms with Crippen molar-refractivity contribution in [1.29, 1.82) is 0 Å². The second-order valence-corrected chi connectivity index (χ2v) is 6.22. The van der Waals surface area contributed by atoms with Gasteiger partial charge in [-0.05, 0) is 30.7 Å². The van der Waals surface area contributed by atoms with E-state index >= 15 is 0 Å². The Morgan fingerprint density at radius 3 is 2.70 bits per heavy atom. The summed E-state index contributed by atoms with van der Waals surface area (Å²) in [6.45, 7) is 1.52. The first-order valence-electron chi connectivity index (χ1n) is 5.83. The molecule has 0 aliphatic carbocycles. The SMILES string of the molecule is Cc1cc(S(=O)(=O)NCc2ccn(C)n2)cc(N)c1F. The number of aryl methyl sites for hydroxylation is 2. The topological polar surface area (TPSA) is 90.0 Å². The smallest absolute Gasteiger partial charge is 0.241 e. The fourth-order valence-electron chi connectivity index (χ4n) is 1.73. The zero-order chi connectivity index (χ0) is 14.9. The van der Waals surface area contributed by atoms with Gasteiger partial charge in [-0.15, -0.1) is 0 Å². The van der Waals surface area contributed by atoms with Gasteiger partial charge in [0.25, 0.3) is 0 Å². The number of halogens is 1. The van der Waals surface area contributed by atoms with Gasteiger partial charge in [0.15, 0.2) is 0 Å². The van der Waals surface area contributed by atoms with E-state index in [0.717, 1.165) is 6.07 Å². The van der Waals surface area contributed by atoms with E-state index in [9.17, 15) is 12.8 Å². The minimum absolute atomic E-state index is 0.0551. The number of aromatic nitrogens is 2. The highest BCUT2D eigenvalue weighted by molar-refractivity contribution is 7.89. The largest absolute Gasteiger partial charge is 0.396 e. The van der Waals surface area contributed by atoms with Gasteiger partial charge in [-0.2, -0.15) is 5.10 Å². The van der Waals surface area contributed by atoms with Gasteiger partial charge in [-0.3, -0.25) is 4.68 Å². The third kappa shape index (κ3) is 2.97. The van der Waals surface area contributed by atoms with E-state index < -0.39 is 15.8 Å². The van der Waals surface area contributed by atoms with E-state index in [4.69, 9.17) is 5.73 Å². The maximum atomic E-state index is 13.4. The Morgan fingerprint density at radius 1 is 1.45 bits per heavy atom. The highest BCUT2D eigenvalue weighted by Crippen LogP contribution is 2.20. The van der Waals surface area contributed by atoms with Gasteiger partial charge >= 0.3 is 0 Å². The summed E-state index contributed by atoms with van der Waals surface area (Å²) in [6.07, 6.45) is 1.71. The van der Waals surface area contributed by atoms with Crippen LogP contribution in [0.2, 0.25) is 0 Å². The third-order valence-corrected chi connectivity index (χ3v) is 4.16. The Morgan fingerprint density at radius 2 is 2.15 bits per heavy atom. The van der Waals surface area contributed by atoms with Crippen LogP contribution in [0.5, 0.6) is 0 Å². The first-order chi connectivity index (χ1) is 9.29. The first-order valence-corrected chi connectivity index (χ1v) is 7.32. The van der Waals surface area contributed by atoms with Crippen LogP contribution in [-0.4, -0.2) is 18.2 Å². The van der Waals surface area contributed by atoms with Crippen LogP contribution in [-0.2, 0) is 23.6 Å². The molecule has 0 bridgehead atoms. The zero-order valence-electron chi connectivity index (χ0n) is 11.1. The lowest BCUT2D eigenvalue weighted by atomic mass is 10.2. The molecule has 20 heavy (non-hydrogen) atoms. The monoisotopic (exact) mass is 298 g/mol. The summed E-state index contributed by atoms with van der Waals surface area (Å²) in [5.74, 6) is -0.603. The highest BCUT2D eigenvalue weighted by atomic mass is 32.2. The number of benzene rings is 1.